The zero-order valence-electron chi connectivity index (χ0n) is 17.6. The molecule has 0 bridgehead atoms. The Morgan fingerprint density at radius 2 is 1.64 bits per heavy atom. The summed E-state index contributed by atoms with van der Waals surface area (Å²) in [7, 11) is 0. The van der Waals surface area contributed by atoms with E-state index in [1.165, 1.54) is 29.2 Å². The number of halogens is 3. The van der Waals surface area contributed by atoms with Crippen LogP contribution in [-0.4, -0.2) is 22.3 Å². The number of amides is 1. The molecule has 1 aliphatic rings. The fraction of sp³-hybridized carbons (Fsp3) is 0.148. The maximum atomic E-state index is 13.3. The molecule has 166 valence electrons. The molecule has 4 aromatic rings. The minimum Gasteiger partial charge on any atom is -0.356 e. The quantitative estimate of drug-likeness (QED) is 0.365. The van der Waals surface area contributed by atoms with Crippen molar-refractivity contribution in [2.75, 3.05) is 6.54 Å². The number of benzene rings is 3. The molecule has 1 aromatic heterocycles. The minimum absolute atomic E-state index is 0.187. The molecule has 6 heteroatoms. The summed E-state index contributed by atoms with van der Waals surface area (Å²) < 4.78 is 38.4. The van der Waals surface area contributed by atoms with Gasteiger partial charge in [-0.1, -0.05) is 60.7 Å². The number of nitrogens with zero attached hydrogens (tertiary/aromatic N) is 1. The van der Waals surface area contributed by atoms with Crippen molar-refractivity contribution >= 4 is 22.9 Å². The van der Waals surface area contributed by atoms with Crippen LogP contribution >= 0.6 is 0 Å². The first-order valence-electron chi connectivity index (χ1n) is 10.7. The van der Waals surface area contributed by atoms with Crippen molar-refractivity contribution in [3.8, 4) is 0 Å². The van der Waals surface area contributed by atoms with E-state index in [4.69, 9.17) is 0 Å². The molecular formula is C27H21F3N2O. The molecule has 1 aliphatic heterocycles. The molecule has 0 saturated carbocycles. The van der Waals surface area contributed by atoms with E-state index in [0.717, 1.165) is 35.3 Å². The number of carbonyl (C=O) groups is 1. The van der Waals surface area contributed by atoms with Gasteiger partial charge in [-0.2, -0.15) is 13.2 Å². The molecule has 0 radical (unpaired) electrons. The van der Waals surface area contributed by atoms with E-state index in [0.29, 0.717) is 12.1 Å². The summed E-state index contributed by atoms with van der Waals surface area (Å²) in [4.78, 5) is 18.6. The van der Waals surface area contributed by atoms with Crippen LogP contribution in [0.3, 0.4) is 0 Å². The highest BCUT2D eigenvalue weighted by Gasteiger charge is 2.33. The van der Waals surface area contributed by atoms with Gasteiger partial charge in [0, 0.05) is 29.2 Å². The summed E-state index contributed by atoms with van der Waals surface area (Å²) in [6.07, 6.45) is -0.661. The third-order valence-electron chi connectivity index (χ3n) is 6.09. The topological polar surface area (TPSA) is 36.1 Å². The average molecular weight is 446 g/mol. The van der Waals surface area contributed by atoms with Crippen LogP contribution < -0.4 is 0 Å². The number of carbonyl (C=O) groups excluding carboxylic acids is 1. The molecule has 3 nitrogen and oxygen atoms in total. The van der Waals surface area contributed by atoms with Crippen LogP contribution in [-0.2, 0) is 17.4 Å². The van der Waals surface area contributed by atoms with E-state index < -0.39 is 11.7 Å². The van der Waals surface area contributed by atoms with Crippen molar-refractivity contribution in [2.45, 2.75) is 18.6 Å². The molecular weight excluding hydrogens is 425 g/mol. The molecule has 33 heavy (non-hydrogen) atoms. The van der Waals surface area contributed by atoms with Gasteiger partial charge in [0.1, 0.15) is 0 Å². The SMILES string of the molecule is O=C(/C=C/c1ccc(C(F)(F)F)cc1)N1CCc2c([nH]c3ccccc23)C1c1ccccc1. The Kier molecular flexibility index (Phi) is 5.29. The van der Waals surface area contributed by atoms with Gasteiger partial charge in [0.05, 0.1) is 11.6 Å². The Balaban J connectivity index is 1.47. The maximum absolute atomic E-state index is 13.3. The van der Waals surface area contributed by atoms with Crippen LogP contribution in [0.4, 0.5) is 13.2 Å². The van der Waals surface area contributed by atoms with E-state index in [9.17, 15) is 18.0 Å². The highest BCUT2D eigenvalue weighted by molar-refractivity contribution is 5.93. The second kappa shape index (κ2) is 8.28. The summed E-state index contributed by atoms with van der Waals surface area (Å²) in [6, 6.07) is 22.5. The van der Waals surface area contributed by atoms with Crippen LogP contribution in [0.2, 0.25) is 0 Å². The Bertz CT molecular complexity index is 1320. The predicted molar refractivity (Wildman–Crippen MR) is 122 cm³/mol. The summed E-state index contributed by atoms with van der Waals surface area (Å²) in [5.74, 6) is -0.187. The van der Waals surface area contributed by atoms with Gasteiger partial charge in [0.2, 0.25) is 5.91 Å². The lowest BCUT2D eigenvalue weighted by atomic mass is 9.92. The largest absolute Gasteiger partial charge is 0.416 e. The zero-order valence-corrected chi connectivity index (χ0v) is 17.6. The van der Waals surface area contributed by atoms with Crippen LogP contribution in [0, 0.1) is 0 Å². The van der Waals surface area contributed by atoms with Gasteiger partial charge in [0.15, 0.2) is 0 Å². The molecule has 1 amide bonds. The normalized spacial score (nSPS) is 16.3. The van der Waals surface area contributed by atoms with E-state index in [-0.39, 0.29) is 11.9 Å². The van der Waals surface area contributed by atoms with Gasteiger partial charge in [-0.15, -0.1) is 0 Å². The molecule has 0 aliphatic carbocycles. The highest BCUT2D eigenvalue weighted by Crippen LogP contribution is 2.38. The summed E-state index contributed by atoms with van der Waals surface area (Å²) in [5.41, 5.74) is 4.09. The molecule has 1 unspecified atom stereocenters. The number of aromatic amines is 1. The van der Waals surface area contributed by atoms with Crippen molar-refractivity contribution in [3.63, 3.8) is 0 Å². The fourth-order valence-electron chi connectivity index (χ4n) is 4.51. The molecule has 0 spiro atoms. The molecule has 3 aromatic carbocycles. The number of aromatic nitrogens is 1. The number of fused-ring (bicyclic) bond motifs is 3. The van der Waals surface area contributed by atoms with Crippen LogP contribution in [0.25, 0.3) is 17.0 Å². The average Bonchev–Trinajstić information content (AvgIpc) is 3.21. The van der Waals surface area contributed by atoms with Gasteiger partial charge in [0.25, 0.3) is 0 Å². The Morgan fingerprint density at radius 1 is 0.939 bits per heavy atom. The van der Waals surface area contributed by atoms with Gasteiger partial charge in [-0.3, -0.25) is 4.79 Å². The third kappa shape index (κ3) is 4.04. The second-order valence-corrected chi connectivity index (χ2v) is 8.11. The van der Waals surface area contributed by atoms with Gasteiger partial charge >= 0.3 is 6.18 Å². The van der Waals surface area contributed by atoms with Crippen molar-refractivity contribution in [2.24, 2.45) is 0 Å². The molecule has 2 heterocycles. The summed E-state index contributed by atoms with van der Waals surface area (Å²) in [5, 5.41) is 1.17. The number of nitrogens with one attached hydrogen (secondary N) is 1. The Hall–Kier alpha value is -3.80. The van der Waals surface area contributed by atoms with Crippen molar-refractivity contribution in [1.29, 1.82) is 0 Å². The van der Waals surface area contributed by atoms with Gasteiger partial charge in [-0.05, 0) is 47.4 Å². The van der Waals surface area contributed by atoms with Gasteiger partial charge in [-0.25, -0.2) is 0 Å². The third-order valence-corrected chi connectivity index (χ3v) is 6.09. The van der Waals surface area contributed by atoms with Crippen LogP contribution in [0.15, 0.2) is 84.9 Å². The van der Waals surface area contributed by atoms with Crippen molar-refractivity contribution < 1.29 is 18.0 Å². The smallest absolute Gasteiger partial charge is 0.356 e. The highest BCUT2D eigenvalue weighted by atomic mass is 19.4. The minimum atomic E-state index is -4.38. The maximum Gasteiger partial charge on any atom is 0.416 e. The lowest BCUT2D eigenvalue weighted by molar-refractivity contribution is -0.137. The first-order chi connectivity index (χ1) is 15.9. The molecule has 0 fully saturated rings. The molecule has 5 rings (SSSR count). The van der Waals surface area contributed by atoms with E-state index in [1.807, 2.05) is 53.4 Å². The summed E-state index contributed by atoms with van der Waals surface area (Å²) in [6.45, 7) is 0.546. The zero-order chi connectivity index (χ0) is 23.0. The number of hydrogen-bond donors (Lipinski definition) is 1. The number of hydrogen-bond acceptors (Lipinski definition) is 1. The second-order valence-electron chi connectivity index (χ2n) is 8.11. The van der Waals surface area contributed by atoms with Crippen LogP contribution in [0.1, 0.15) is 34.0 Å². The Labute approximate surface area is 189 Å². The lowest BCUT2D eigenvalue weighted by Gasteiger charge is -2.35. The lowest BCUT2D eigenvalue weighted by Crippen LogP contribution is -2.39. The summed E-state index contributed by atoms with van der Waals surface area (Å²) >= 11 is 0. The molecule has 1 atom stereocenters. The number of H-pyrrole nitrogens is 1. The van der Waals surface area contributed by atoms with Crippen molar-refractivity contribution in [3.05, 3.63) is 113 Å². The number of alkyl halides is 3. The number of para-hydroxylation sites is 1. The van der Waals surface area contributed by atoms with E-state index in [1.54, 1.807) is 6.08 Å². The first-order valence-corrected chi connectivity index (χ1v) is 10.7. The van der Waals surface area contributed by atoms with E-state index in [2.05, 4.69) is 11.1 Å². The number of rotatable bonds is 3. The monoisotopic (exact) mass is 446 g/mol. The fourth-order valence-corrected chi connectivity index (χ4v) is 4.51. The molecule has 1 N–H and O–H groups in total. The van der Waals surface area contributed by atoms with Crippen LogP contribution in [0.5, 0.6) is 0 Å². The van der Waals surface area contributed by atoms with Gasteiger partial charge < -0.3 is 9.88 Å². The van der Waals surface area contributed by atoms with E-state index >= 15 is 0 Å². The predicted octanol–water partition coefficient (Wildman–Crippen LogP) is 6.37. The standard InChI is InChI=1S/C27H21F3N2O/c28-27(29,30)20-13-10-18(11-14-20)12-15-24(33)32-17-16-22-21-8-4-5-9-23(21)31-25(22)26(32)19-6-2-1-3-7-19/h1-15,26,31H,16-17H2/b15-12+. The Morgan fingerprint density at radius 3 is 2.36 bits per heavy atom. The van der Waals surface area contributed by atoms with Crippen molar-refractivity contribution in [1.82, 2.24) is 9.88 Å². The first kappa shape index (κ1) is 21.1. The molecule has 0 saturated heterocycles.